The Morgan fingerprint density at radius 1 is 1.04 bits per heavy atom. The van der Waals surface area contributed by atoms with Crippen molar-refractivity contribution in [2.45, 2.75) is 26.2 Å². The number of hydrazine groups is 1. The number of amides is 2. The summed E-state index contributed by atoms with van der Waals surface area (Å²) in [5.41, 5.74) is 5.04. The van der Waals surface area contributed by atoms with Crippen molar-refractivity contribution in [2.24, 2.45) is 0 Å². The highest BCUT2D eigenvalue weighted by atomic mass is 16.5. The van der Waals surface area contributed by atoms with Gasteiger partial charge in [-0.15, -0.1) is 0 Å². The van der Waals surface area contributed by atoms with E-state index in [2.05, 4.69) is 20.8 Å². The summed E-state index contributed by atoms with van der Waals surface area (Å²) in [4.78, 5) is 43.1. The van der Waals surface area contributed by atoms with Crippen LogP contribution in [0.3, 0.4) is 0 Å². The molecule has 2 rings (SSSR count). The summed E-state index contributed by atoms with van der Waals surface area (Å²) in [5, 5.41) is 0. The van der Waals surface area contributed by atoms with Crippen LogP contribution in [-0.4, -0.2) is 34.2 Å². The maximum atomic E-state index is 12.1. The molecule has 0 saturated heterocycles. The number of nitrogens with zero attached hydrogens (tertiary/aromatic N) is 2. The van der Waals surface area contributed by atoms with Gasteiger partial charge in [-0.05, 0) is 30.7 Å². The Hall–Kier alpha value is -3.29. The summed E-state index contributed by atoms with van der Waals surface area (Å²) in [5.74, 6) is -0.519. The van der Waals surface area contributed by atoms with E-state index in [1.807, 2.05) is 6.92 Å². The molecular weight excluding hydrogens is 336 g/mol. The molecule has 8 nitrogen and oxygen atoms in total. The molecule has 0 aliphatic carbocycles. The fraction of sp³-hybridized carbons (Fsp3) is 0.278. The summed E-state index contributed by atoms with van der Waals surface area (Å²) in [6, 6.07) is 6.79. The van der Waals surface area contributed by atoms with Gasteiger partial charge in [0.05, 0.1) is 12.8 Å². The number of hydrogen-bond acceptors (Lipinski definition) is 6. The summed E-state index contributed by atoms with van der Waals surface area (Å²) < 4.78 is 5.45. The van der Waals surface area contributed by atoms with E-state index >= 15 is 0 Å². The van der Waals surface area contributed by atoms with Crippen LogP contribution in [0.25, 0.3) is 0 Å². The molecule has 2 aromatic rings. The molecular formula is C18H20N4O4. The van der Waals surface area contributed by atoms with Gasteiger partial charge in [-0.2, -0.15) is 0 Å². The maximum Gasteiger partial charge on any atom is 0.289 e. The zero-order chi connectivity index (χ0) is 18.8. The van der Waals surface area contributed by atoms with Gasteiger partial charge in [-0.1, -0.05) is 6.92 Å². The number of nitrogens with one attached hydrogen (secondary N) is 2. The quantitative estimate of drug-likeness (QED) is 0.550. The first-order valence-electron chi connectivity index (χ1n) is 8.21. The van der Waals surface area contributed by atoms with Gasteiger partial charge in [0.15, 0.2) is 5.78 Å². The van der Waals surface area contributed by atoms with Crippen molar-refractivity contribution in [3.63, 3.8) is 0 Å². The number of Topliss-reactive ketones (excluding diaryl/α,β-unsaturated/α-hetero) is 1. The largest absolute Gasteiger partial charge is 0.494 e. The van der Waals surface area contributed by atoms with Gasteiger partial charge in [-0.25, -0.2) is 4.98 Å². The minimum absolute atomic E-state index is 0.0298. The van der Waals surface area contributed by atoms with E-state index in [1.54, 1.807) is 24.3 Å². The lowest BCUT2D eigenvalue weighted by Gasteiger charge is -2.07. The Bertz CT molecular complexity index is 748. The van der Waals surface area contributed by atoms with Crippen LogP contribution in [0.1, 0.15) is 47.0 Å². The van der Waals surface area contributed by atoms with Crippen LogP contribution < -0.4 is 15.6 Å². The minimum atomic E-state index is -0.583. The molecule has 0 unspecified atom stereocenters. The zero-order valence-electron chi connectivity index (χ0n) is 14.4. The summed E-state index contributed by atoms with van der Waals surface area (Å²) >= 11 is 0. The molecule has 2 N–H and O–H groups in total. The number of ketones is 1. The highest BCUT2D eigenvalue weighted by Crippen LogP contribution is 2.14. The third-order valence-corrected chi connectivity index (χ3v) is 3.34. The van der Waals surface area contributed by atoms with E-state index in [9.17, 15) is 14.4 Å². The van der Waals surface area contributed by atoms with Crippen molar-refractivity contribution in [1.82, 2.24) is 20.8 Å². The minimum Gasteiger partial charge on any atom is -0.494 e. The third kappa shape index (κ3) is 5.97. The molecule has 0 spiro atoms. The number of hydrogen-bond donors (Lipinski definition) is 2. The van der Waals surface area contributed by atoms with Crippen LogP contribution in [0.2, 0.25) is 0 Å². The van der Waals surface area contributed by atoms with Crippen molar-refractivity contribution in [1.29, 1.82) is 0 Å². The summed E-state index contributed by atoms with van der Waals surface area (Å²) in [6.45, 7) is 2.63. The van der Waals surface area contributed by atoms with E-state index in [4.69, 9.17) is 4.74 Å². The van der Waals surface area contributed by atoms with Crippen LogP contribution in [0, 0.1) is 0 Å². The fourth-order valence-electron chi connectivity index (χ4n) is 2.00. The SMILES string of the molecule is CCCOc1ccc(C(=O)CCC(=O)NNC(=O)c2cnccn2)cc1. The molecule has 0 saturated carbocycles. The molecule has 0 aliphatic rings. The second-order valence-corrected chi connectivity index (χ2v) is 5.39. The highest BCUT2D eigenvalue weighted by molar-refractivity contribution is 5.98. The molecule has 0 bridgehead atoms. The molecule has 2 amide bonds. The standard InChI is InChI=1S/C18H20N4O4/c1-2-11-26-14-5-3-13(4-6-14)16(23)7-8-17(24)21-22-18(25)15-12-19-9-10-20-15/h3-6,9-10,12H,2,7-8,11H2,1H3,(H,21,24)(H,22,25). The first kappa shape index (κ1) is 19.0. The van der Waals surface area contributed by atoms with Crippen molar-refractivity contribution in [2.75, 3.05) is 6.61 Å². The summed E-state index contributed by atoms with van der Waals surface area (Å²) in [6.07, 6.45) is 4.97. The van der Waals surface area contributed by atoms with Gasteiger partial charge in [0.1, 0.15) is 11.4 Å². The van der Waals surface area contributed by atoms with E-state index in [0.29, 0.717) is 17.9 Å². The second-order valence-electron chi connectivity index (χ2n) is 5.39. The van der Waals surface area contributed by atoms with Gasteiger partial charge >= 0.3 is 0 Å². The fourth-order valence-corrected chi connectivity index (χ4v) is 2.00. The Kier molecular flexibility index (Phi) is 7.23. The van der Waals surface area contributed by atoms with Crippen LogP contribution in [0.5, 0.6) is 5.75 Å². The maximum absolute atomic E-state index is 12.1. The van der Waals surface area contributed by atoms with Crippen LogP contribution in [-0.2, 0) is 4.79 Å². The van der Waals surface area contributed by atoms with E-state index in [-0.39, 0.29) is 24.3 Å². The monoisotopic (exact) mass is 356 g/mol. The Labute approximate surface area is 151 Å². The molecule has 0 fully saturated rings. The smallest absolute Gasteiger partial charge is 0.289 e. The second kappa shape index (κ2) is 9.87. The van der Waals surface area contributed by atoms with Gasteiger partial charge in [0, 0.05) is 30.8 Å². The van der Waals surface area contributed by atoms with Crippen molar-refractivity contribution in [3.05, 3.63) is 54.1 Å². The first-order chi connectivity index (χ1) is 12.6. The van der Waals surface area contributed by atoms with Crippen LogP contribution >= 0.6 is 0 Å². The molecule has 26 heavy (non-hydrogen) atoms. The lowest BCUT2D eigenvalue weighted by Crippen LogP contribution is -2.42. The Balaban J connectivity index is 1.74. The molecule has 0 aliphatic heterocycles. The van der Waals surface area contributed by atoms with Crippen LogP contribution in [0.15, 0.2) is 42.9 Å². The molecule has 1 aromatic carbocycles. The molecule has 8 heteroatoms. The number of rotatable bonds is 8. The predicted molar refractivity (Wildman–Crippen MR) is 93.4 cm³/mol. The number of aromatic nitrogens is 2. The Morgan fingerprint density at radius 3 is 2.46 bits per heavy atom. The first-order valence-corrected chi connectivity index (χ1v) is 8.21. The molecule has 0 radical (unpaired) electrons. The third-order valence-electron chi connectivity index (χ3n) is 3.34. The summed E-state index contributed by atoms with van der Waals surface area (Å²) in [7, 11) is 0. The lowest BCUT2D eigenvalue weighted by molar-refractivity contribution is -0.121. The average molecular weight is 356 g/mol. The van der Waals surface area contributed by atoms with E-state index in [0.717, 1.165) is 6.42 Å². The van der Waals surface area contributed by atoms with Gasteiger partial charge in [0.2, 0.25) is 5.91 Å². The van der Waals surface area contributed by atoms with Gasteiger partial charge < -0.3 is 4.74 Å². The number of carbonyl (C=O) groups is 3. The topological polar surface area (TPSA) is 110 Å². The Morgan fingerprint density at radius 2 is 1.81 bits per heavy atom. The molecule has 0 atom stereocenters. The molecule has 1 heterocycles. The molecule has 136 valence electrons. The van der Waals surface area contributed by atoms with Crippen molar-refractivity contribution < 1.29 is 19.1 Å². The van der Waals surface area contributed by atoms with Crippen molar-refractivity contribution >= 4 is 17.6 Å². The van der Waals surface area contributed by atoms with E-state index in [1.165, 1.54) is 18.6 Å². The van der Waals surface area contributed by atoms with Crippen LogP contribution in [0.4, 0.5) is 0 Å². The average Bonchev–Trinajstić information content (AvgIpc) is 2.69. The predicted octanol–water partition coefficient (Wildman–Crippen LogP) is 1.69. The number of ether oxygens (including phenoxy) is 1. The highest BCUT2D eigenvalue weighted by Gasteiger charge is 2.11. The number of carbonyl (C=O) groups excluding carboxylic acids is 3. The molecule has 1 aromatic heterocycles. The van der Waals surface area contributed by atoms with Gasteiger partial charge in [-0.3, -0.25) is 30.2 Å². The zero-order valence-corrected chi connectivity index (χ0v) is 14.4. The van der Waals surface area contributed by atoms with Gasteiger partial charge in [0.25, 0.3) is 5.91 Å². The van der Waals surface area contributed by atoms with Crippen molar-refractivity contribution in [3.8, 4) is 5.75 Å². The normalized spacial score (nSPS) is 10.0. The lowest BCUT2D eigenvalue weighted by atomic mass is 10.1. The number of benzene rings is 1. The van der Waals surface area contributed by atoms with E-state index < -0.39 is 11.8 Å².